The molecule has 0 aliphatic rings. The molecule has 1 N–H and O–H groups in total. The summed E-state index contributed by atoms with van der Waals surface area (Å²) in [7, 11) is 0. The highest BCUT2D eigenvalue weighted by atomic mass is 35.5. The van der Waals surface area contributed by atoms with Gasteiger partial charge in [0.2, 0.25) is 11.0 Å². The van der Waals surface area contributed by atoms with Crippen molar-refractivity contribution in [3.05, 3.63) is 92.7 Å². The van der Waals surface area contributed by atoms with Crippen LogP contribution in [0.1, 0.15) is 45.5 Å². The minimum Gasteiger partial charge on any atom is -0.326 e. The normalized spacial score (nSPS) is 10.9. The molecular formula is C25H23ClN4O2S. The van der Waals surface area contributed by atoms with Gasteiger partial charge in [-0.25, -0.2) is 9.67 Å². The van der Waals surface area contributed by atoms with Crippen LogP contribution in [-0.4, -0.2) is 26.5 Å². The molecule has 0 fully saturated rings. The summed E-state index contributed by atoms with van der Waals surface area (Å²) in [5.74, 6) is -0.241. The van der Waals surface area contributed by atoms with Gasteiger partial charge in [0, 0.05) is 39.3 Å². The largest absolute Gasteiger partial charge is 0.326 e. The number of aromatic nitrogens is 3. The van der Waals surface area contributed by atoms with E-state index in [0.29, 0.717) is 28.5 Å². The number of amides is 1. The molecule has 0 spiro atoms. The van der Waals surface area contributed by atoms with Crippen molar-refractivity contribution in [3.63, 3.8) is 0 Å². The van der Waals surface area contributed by atoms with E-state index in [2.05, 4.69) is 15.4 Å². The summed E-state index contributed by atoms with van der Waals surface area (Å²) in [6.45, 7) is 5.49. The third-order valence-electron chi connectivity index (χ3n) is 5.38. The van der Waals surface area contributed by atoms with E-state index in [1.54, 1.807) is 24.3 Å². The van der Waals surface area contributed by atoms with Crippen LogP contribution in [0, 0.1) is 13.8 Å². The van der Waals surface area contributed by atoms with Crippen molar-refractivity contribution < 1.29 is 9.59 Å². The van der Waals surface area contributed by atoms with Crippen LogP contribution in [0.3, 0.4) is 0 Å². The number of carbonyl (C=O) groups is 2. The van der Waals surface area contributed by atoms with Gasteiger partial charge < -0.3 is 5.32 Å². The molecule has 6 nitrogen and oxygen atoms in total. The average Bonchev–Trinajstić information content (AvgIpc) is 3.34. The summed E-state index contributed by atoms with van der Waals surface area (Å²) in [5.41, 5.74) is 5.89. The SMILES string of the molecule is CC(=O)c1cccc(NC(=O)Cc2csc(-n3nc(C)c(Cc4ccccc4Cl)c3C)n2)c1. The number of aryl methyl sites for hydroxylation is 1. The number of thiazole rings is 1. The van der Waals surface area contributed by atoms with Gasteiger partial charge in [-0.2, -0.15) is 5.10 Å². The summed E-state index contributed by atoms with van der Waals surface area (Å²) >= 11 is 7.79. The van der Waals surface area contributed by atoms with Crippen molar-refractivity contribution in [1.82, 2.24) is 14.8 Å². The number of ketones is 1. The van der Waals surface area contributed by atoms with Crippen LogP contribution in [0.5, 0.6) is 0 Å². The van der Waals surface area contributed by atoms with Crippen LogP contribution in [0.4, 0.5) is 5.69 Å². The molecule has 0 aliphatic carbocycles. The van der Waals surface area contributed by atoms with Crippen molar-refractivity contribution >= 4 is 40.3 Å². The third-order valence-corrected chi connectivity index (χ3v) is 6.62. The molecule has 4 aromatic rings. The average molecular weight is 479 g/mol. The van der Waals surface area contributed by atoms with Crippen molar-refractivity contribution in [3.8, 4) is 5.13 Å². The zero-order valence-corrected chi connectivity index (χ0v) is 20.1. The van der Waals surface area contributed by atoms with Crippen LogP contribution >= 0.6 is 22.9 Å². The lowest BCUT2D eigenvalue weighted by Crippen LogP contribution is -2.15. The van der Waals surface area contributed by atoms with Crippen molar-refractivity contribution in [2.45, 2.75) is 33.6 Å². The Morgan fingerprint density at radius 2 is 1.91 bits per heavy atom. The Labute approximate surface area is 201 Å². The molecule has 168 valence electrons. The van der Waals surface area contributed by atoms with Crippen LogP contribution in [0.2, 0.25) is 5.02 Å². The predicted molar refractivity (Wildman–Crippen MR) is 132 cm³/mol. The molecule has 2 aromatic heterocycles. The van der Waals surface area contributed by atoms with Gasteiger partial charge >= 0.3 is 0 Å². The molecule has 8 heteroatoms. The minimum absolute atomic E-state index is 0.0472. The molecule has 4 rings (SSSR count). The first-order valence-corrected chi connectivity index (χ1v) is 11.7. The molecule has 0 bridgehead atoms. The highest BCUT2D eigenvalue weighted by molar-refractivity contribution is 7.12. The maximum atomic E-state index is 12.5. The van der Waals surface area contributed by atoms with E-state index in [0.717, 1.165) is 27.5 Å². The number of Topliss-reactive ketones (excluding diaryl/α,β-unsaturated/α-hetero) is 1. The van der Waals surface area contributed by atoms with E-state index >= 15 is 0 Å². The zero-order valence-electron chi connectivity index (χ0n) is 18.6. The van der Waals surface area contributed by atoms with Crippen LogP contribution < -0.4 is 5.32 Å². The number of halogens is 1. The van der Waals surface area contributed by atoms with Gasteiger partial charge in [-0.15, -0.1) is 11.3 Å². The molecule has 33 heavy (non-hydrogen) atoms. The maximum absolute atomic E-state index is 12.5. The highest BCUT2D eigenvalue weighted by Gasteiger charge is 2.17. The molecule has 0 unspecified atom stereocenters. The highest BCUT2D eigenvalue weighted by Crippen LogP contribution is 2.26. The van der Waals surface area contributed by atoms with Gasteiger partial charge in [-0.1, -0.05) is 41.9 Å². The van der Waals surface area contributed by atoms with E-state index in [1.807, 2.05) is 48.2 Å². The lowest BCUT2D eigenvalue weighted by molar-refractivity contribution is -0.115. The van der Waals surface area contributed by atoms with E-state index in [-0.39, 0.29) is 18.1 Å². The summed E-state index contributed by atoms with van der Waals surface area (Å²) in [6, 6.07) is 14.7. The van der Waals surface area contributed by atoms with Crippen molar-refractivity contribution in [2.75, 3.05) is 5.32 Å². The van der Waals surface area contributed by atoms with Gasteiger partial charge in [0.25, 0.3) is 0 Å². The summed E-state index contributed by atoms with van der Waals surface area (Å²) in [6.07, 6.45) is 0.823. The van der Waals surface area contributed by atoms with Gasteiger partial charge in [0.1, 0.15) is 0 Å². The number of hydrogen-bond donors (Lipinski definition) is 1. The first-order chi connectivity index (χ1) is 15.8. The summed E-state index contributed by atoms with van der Waals surface area (Å²) in [4.78, 5) is 28.7. The van der Waals surface area contributed by atoms with E-state index in [9.17, 15) is 9.59 Å². The van der Waals surface area contributed by atoms with E-state index < -0.39 is 0 Å². The fourth-order valence-corrected chi connectivity index (χ4v) is 4.64. The smallest absolute Gasteiger partial charge is 0.230 e. The summed E-state index contributed by atoms with van der Waals surface area (Å²) < 4.78 is 1.82. The lowest BCUT2D eigenvalue weighted by Gasteiger charge is -2.06. The molecule has 0 saturated heterocycles. The number of benzene rings is 2. The van der Waals surface area contributed by atoms with Gasteiger partial charge in [-0.3, -0.25) is 9.59 Å². The van der Waals surface area contributed by atoms with Gasteiger partial charge in [0.15, 0.2) is 5.78 Å². The second-order valence-corrected chi connectivity index (χ2v) is 9.06. The standard InChI is InChI=1S/C25H23ClN4O2S/c1-15-22(12-19-7-4-5-10-23(19)26)16(2)30(29-15)25-28-21(14-33-25)13-24(32)27-20-9-6-8-18(11-20)17(3)31/h4-11,14H,12-13H2,1-3H3,(H,27,32). The van der Waals surface area contributed by atoms with Crippen LogP contribution in [0.15, 0.2) is 53.9 Å². The van der Waals surface area contributed by atoms with Crippen LogP contribution in [-0.2, 0) is 17.6 Å². The molecular weight excluding hydrogens is 456 g/mol. The molecule has 2 aromatic carbocycles. The first kappa shape index (κ1) is 22.9. The fraction of sp³-hybridized carbons (Fsp3) is 0.200. The van der Waals surface area contributed by atoms with Crippen molar-refractivity contribution in [1.29, 1.82) is 0 Å². The Balaban J connectivity index is 1.48. The molecule has 0 atom stereocenters. The monoisotopic (exact) mass is 478 g/mol. The Morgan fingerprint density at radius 1 is 1.12 bits per heavy atom. The Kier molecular flexibility index (Phi) is 6.72. The number of nitrogens with one attached hydrogen (secondary N) is 1. The fourth-order valence-electron chi connectivity index (χ4n) is 3.61. The number of rotatable bonds is 7. The quantitative estimate of drug-likeness (QED) is 0.352. The van der Waals surface area contributed by atoms with E-state index in [4.69, 9.17) is 11.6 Å². The number of anilines is 1. The Morgan fingerprint density at radius 3 is 2.67 bits per heavy atom. The molecule has 2 heterocycles. The Hall–Kier alpha value is -3.29. The van der Waals surface area contributed by atoms with Gasteiger partial charge in [0.05, 0.1) is 17.8 Å². The predicted octanol–water partition coefficient (Wildman–Crippen LogP) is 5.57. The molecule has 0 radical (unpaired) electrons. The number of nitrogens with zero attached hydrogens (tertiary/aromatic N) is 3. The minimum atomic E-state index is -0.194. The third kappa shape index (κ3) is 5.21. The van der Waals surface area contributed by atoms with E-state index in [1.165, 1.54) is 18.3 Å². The number of carbonyl (C=O) groups excluding carboxylic acids is 2. The second-order valence-electron chi connectivity index (χ2n) is 7.81. The maximum Gasteiger partial charge on any atom is 0.230 e. The zero-order chi connectivity index (χ0) is 23.5. The topological polar surface area (TPSA) is 76.9 Å². The second kappa shape index (κ2) is 9.68. The molecule has 1 amide bonds. The first-order valence-electron chi connectivity index (χ1n) is 10.5. The Bertz CT molecular complexity index is 1340. The lowest BCUT2D eigenvalue weighted by atomic mass is 10.0. The van der Waals surface area contributed by atoms with Crippen molar-refractivity contribution in [2.24, 2.45) is 0 Å². The number of hydrogen-bond acceptors (Lipinski definition) is 5. The van der Waals surface area contributed by atoms with Crippen LogP contribution in [0.25, 0.3) is 5.13 Å². The summed E-state index contributed by atoms with van der Waals surface area (Å²) in [5, 5.41) is 10.8. The molecule has 0 saturated carbocycles. The van der Waals surface area contributed by atoms with Gasteiger partial charge in [-0.05, 0) is 44.5 Å². The molecule has 0 aliphatic heterocycles.